The van der Waals surface area contributed by atoms with Crippen LogP contribution in [-0.4, -0.2) is 23.2 Å². The lowest BCUT2D eigenvalue weighted by atomic mass is 10.1. The van der Waals surface area contributed by atoms with Gasteiger partial charge in [0.15, 0.2) is 0 Å². The average Bonchev–Trinajstić information content (AvgIpc) is 2.41. The largest absolute Gasteiger partial charge is 0.495 e. The van der Waals surface area contributed by atoms with Gasteiger partial charge in [0.25, 0.3) is 0 Å². The maximum atomic E-state index is 10.7. The molecule has 1 heterocycles. The standard InChI is InChI=1S/C13H9Cl2NO3/c1-19-12-5-9(14)8(4-10(12)15)7-2-3-11(13(17)18)16-6-7/h2-6H,1H3,(H,17,18). The lowest BCUT2D eigenvalue weighted by molar-refractivity contribution is 0.0690. The normalized spacial score (nSPS) is 10.3. The Labute approximate surface area is 119 Å². The highest BCUT2D eigenvalue weighted by molar-refractivity contribution is 6.36. The second-order valence-corrected chi connectivity index (χ2v) is 4.52. The average molecular weight is 298 g/mol. The molecule has 0 radical (unpaired) electrons. The van der Waals surface area contributed by atoms with E-state index in [1.165, 1.54) is 19.4 Å². The molecule has 0 aliphatic heterocycles. The summed E-state index contributed by atoms with van der Waals surface area (Å²) in [7, 11) is 1.50. The minimum absolute atomic E-state index is 0.0283. The number of carboxylic acids is 1. The third-order valence-corrected chi connectivity index (χ3v) is 3.14. The van der Waals surface area contributed by atoms with Crippen LogP contribution >= 0.6 is 23.2 Å². The highest BCUT2D eigenvalue weighted by Crippen LogP contribution is 2.36. The number of methoxy groups -OCH3 is 1. The number of aromatic carboxylic acids is 1. The Hall–Kier alpha value is -1.78. The van der Waals surface area contributed by atoms with Crippen molar-refractivity contribution in [1.29, 1.82) is 0 Å². The van der Waals surface area contributed by atoms with Crippen LogP contribution in [0.15, 0.2) is 30.5 Å². The molecule has 6 heteroatoms. The van der Waals surface area contributed by atoms with E-state index >= 15 is 0 Å². The lowest BCUT2D eigenvalue weighted by Crippen LogP contribution is -1.99. The fourth-order valence-corrected chi connectivity index (χ4v) is 2.09. The number of halogens is 2. The predicted molar refractivity (Wildman–Crippen MR) is 73.2 cm³/mol. The summed E-state index contributed by atoms with van der Waals surface area (Å²) < 4.78 is 5.06. The Morgan fingerprint density at radius 2 is 2.00 bits per heavy atom. The second kappa shape index (κ2) is 5.47. The molecule has 0 amide bonds. The van der Waals surface area contributed by atoms with Gasteiger partial charge in [-0.1, -0.05) is 29.3 Å². The van der Waals surface area contributed by atoms with E-state index < -0.39 is 5.97 Å². The first kappa shape index (κ1) is 13.6. The number of pyridine rings is 1. The van der Waals surface area contributed by atoms with Crippen LogP contribution in [0.4, 0.5) is 0 Å². The van der Waals surface area contributed by atoms with E-state index in [9.17, 15) is 4.79 Å². The zero-order valence-electron chi connectivity index (χ0n) is 9.85. The number of aromatic nitrogens is 1. The molecule has 0 saturated carbocycles. The first-order valence-corrected chi connectivity index (χ1v) is 6.01. The van der Waals surface area contributed by atoms with E-state index in [0.29, 0.717) is 26.9 Å². The van der Waals surface area contributed by atoms with Crippen LogP contribution in [-0.2, 0) is 0 Å². The molecule has 0 bridgehead atoms. The molecular weight excluding hydrogens is 289 g/mol. The Morgan fingerprint density at radius 1 is 1.26 bits per heavy atom. The summed E-state index contributed by atoms with van der Waals surface area (Å²) in [6.07, 6.45) is 1.44. The fraction of sp³-hybridized carbons (Fsp3) is 0.0769. The van der Waals surface area contributed by atoms with Crippen LogP contribution in [0.3, 0.4) is 0 Å². The van der Waals surface area contributed by atoms with Crippen molar-refractivity contribution < 1.29 is 14.6 Å². The number of nitrogens with zero attached hydrogens (tertiary/aromatic N) is 1. The van der Waals surface area contributed by atoms with Gasteiger partial charge in [0.2, 0.25) is 0 Å². The third kappa shape index (κ3) is 2.80. The van der Waals surface area contributed by atoms with Gasteiger partial charge in [0.1, 0.15) is 11.4 Å². The van der Waals surface area contributed by atoms with Crippen LogP contribution < -0.4 is 4.74 Å². The quantitative estimate of drug-likeness (QED) is 0.937. The van der Waals surface area contributed by atoms with E-state index in [4.69, 9.17) is 33.0 Å². The first-order chi connectivity index (χ1) is 9.02. The zero-order valence-corrected chi connectivity index (χ0v) is 11.4. The number of rotatable bonds is 3. The van der Waals surface area contributed by atoms with Crippen molar-refractivity contribution in [3.8, 4) is 16.9 Å². The molecule has 0 saturated heterocycles. The summed E-state index contributed by atoms with van der Waals surface area (Å²) in [5.74, 6) is -0.601. The summed E-state index contributed by atoms with van der Waals surface area (Å²) in [6.45, 7) is 0. The van der Waals surface area contributed by atoms with Crippen molar-refractivity contribution >= 4 is 29.2 Å². The van der Waals surface area contributed by atoms with Crippen molar-refractivity contribution in [2.24, 2.45) is 0 Å². The number of hydrogen-bond donors (Lipinski definition) is 1. The maximum Gasteiger partial charge on any atom is 0.354 e. The van der Waals surface area contributed by atoms with Gasteiger partial charge in [0.05, 0.1) is 17.2 Å². The van der Waals surface area contributed by atoms with Crippen molar-refractivity contribution in [2.45, 2.75) is 0 Å². The molecule has 19 heavy (non-hydrogen) atoms. The molecule has 2 rings (SSSR count). The van der Waals surface area contributed by atoms with Crippen LogP contribution in [0, 0.1) is 0 Å². The summed E-state index contributed by atoms with van der Waals surface area (Å²) in [5, 5.41) is 9.66. The summed E-state index contributed by atoms with van der Waals surface area (Å²) in [4.78, 5) is 14.6. The van der Waals surface area contributed by atoms with Gasteiger partial charge in [-0.05, 0) is 12.1 Å². The number of carbonyl (C=O) groups is 1. The molecule has 98 valence electrons. The second-order valence-electron chi connectivity index (χ2n) is 3.70. The summed E-state index contributed by atoms with van der Waals surface area (Å²) in [5.41, 5.74) is 1.32. The van der Waals surface area contributed by atoms with Crippen molar-refractivity contribution in [3.05, 3.63) is 46.2 Å². The van der Waals surface area contributed by atoms with Crippen LogP contribution in [0.1, 0.15) is 10.5 Å². The smallest absolute Gasteiger partial charge is 0.354 e. The summed E-state index contributed by atoms with van der Waals surface area (Å²) in [6, 6.07) is 6.29. The van der Waals surface area contributed by atoms with Crippen molar-refractivity contribution in [1.82, 2.24) is 4.98 Å². The molecule has 1 aromatic carbocycles. The van der Waals surface area contributed by atoms with E-state index in [-0.39, 0.29) is 5.69 Å². The number of ether oxygens (including phenoxy) is 1. The predicted octanol–water partition coefficient (Wildman–Crippen LogP) is 3.76. The topological polar surface area (TPSA) is 59.4 Å². The maximum absolute atomic E-state index is 10.7. The van der Waals surface area contributed by atoms with Crippen LogP contribution in [0.25, 0.3) is 11.1 Å². The van der Waals surface area contributed by atoms with Crippen LogP contribution in [0.2, 0.25) is 10.0 Å². The molecule has 1 N–H and O–H groups in total. The van der Waals surface area contributed by atoms with Gasteiger partial charge in [-0.3, -0.25) is 0 Å². The molecule has 0 aliphatic carbocycles. The molecule has 0 spiro atoms. The van der Waals surface area contributed by atoms with E-state index in [0.717, 1.165) is 0 Å². The van der Waals surface area contributed by atoms with E-state index in [1.807, 2.05) is 0 Å². The zero-order chi connectivity index (χ0) is 14.0. The number of benzene rings is 1. The lowest BCUT2D eigenvalue weighted by Gasteiger charge is -2.09. The van der Waals surface area contributed by atoms with Gasteiger partial charge in [0, 0.05) is 23.4 Å². The molecule has 1 aromatic heterocycles. The molecule has 4 nitrogen and oxygen atoms in total. The molecular formula is C13H9Cl2NO3. The number of hydrogen-bond acceptors (Lipinski definition) is 3. The van der Waals surface area contributed by atoms with Gasteiger partial charge in [-0.2, -0.15) is 0 Å². The van der Waals surface area contributed by atoms with Crippen LogP contribution in [0.5, 0.6) is 5.75 Å². The molecule has 0 aliphatic rings. The first-order valence-electron chi connectivity index (χ1n) is 5.25. The van der Waals surface area contributed by atoms with Gasteiger partial charge >= 0.3 is 5.97 Å². The molecule has 0 unspecified atom stereocenters. The Balaban J connectivity index is 2.47. The minimum atomic E-state index is -1.08. The van der Waals surface area contributed by atoms with E-state index in [2.05, 4.69) is 4.98 Å². The Kier molecular flexibility index (Phi) is 3.93. The molecule has 0 atom stereocenters. The van der Waals surface area contributed by atoms with Gasteiger partial charge in [-0.15, -0.1) is 0 Å². The van der Waals surface area contributed by atoms with Gasteiger partial charge in [-0.25, -0.2) is 9.78 Å². The highest BCUT2D eigenvalue weighted by atomic mass is 35.5. The van der Waals surface area contributed by atoms with Crippen molar-refractivity contribution in [3.63, 3.8) is 0 Å². The number of carboxylic acid groups (broad SMARTS) is 1. The highest BCUT2D eigenvalue weighted by Gasteiger charge is 2.11. The summed E-state index contributed by atoms with van der Waals surface area (Å²) >= 11 is 12.2. The minimum Gasteiger partial charge on any atom is -0.495 e. The third-order valence-electron chi connectivity index (χ3n) is 2.54. The fourth-order valence-electron chi connectivity index (χ4n) is 1.59. The van der Waals surface area contributed by atoms with Gasteiger partial charge < -0.3 is 9.84 Å². The van der Waals surface area contributed by atoms with Crippen molar-refractivity contribution in [2.75, 3.05) is 7.11 Å². The van der Waals surface area contributed by atoms with E-state index in [1.54, 1.807) is 18.2 Å². The Morgan fingerprint density at radius 3 is 2.53 bits per heavy atom. The SMILES string of the molecule is COc1cc(Cl)c(-c2ccc(C(=O)O)nc2)cc1Cl. The monoisotopic (exact) mass is 297 g/mol. The Bertz CT molecular complexity index is 627. The molecule has 0 fully saturated rings. The molecule has 2 aromatic rings.